The second-order valence-corrected chi connectivity index (χ2v) is 9.94. The fraction of sp³-hybridized carbons (Fsp3) is 0.467. The Morgan fingerprint density at radius 3 is 2.67 bits per heavy atom. The molecule has 98 valence electrons. The van der Waals surface area contributed by atoms with Crippen LogP contribution in [0.1, 0.15) is 39.0 Å². The molecule has 0 radical (unpaired) electrons. The number of hydrogen-bond donors (Lipinski definition) is 0. The van der Waals surface area contributed by atoms with Gasteiger partial charge >= 0.3 is 110 Å². The molecule has 0 aromatic carbocycles. The molecule has 0 aromatic heterocycles. The first-order chi connectivity index (χ1) is 7.78. The van der Waals surface area contributed by atoms with Gasteiger partial charge in [-0.25, -0.2) is 0 Å². The second-order valence-electron chi connectivity index (χ2n) is 5.20. The maximum absolute atomic E-state index is 2.54. The van der Waals surface area contributed by atoms with Gasteiger partial charge in [0.25, 0.3) is 0 Å². The Kier molecular flexibility index (Phi) is 6.16. The summed E-state index contributed by atoms with van der Waals surface area (Å²) in [6.07, 6.45) is 18.7. The average molecular weight is 362 g/mol. The van der Waals surface area contributed by atoms with E-state index in [1.807, 2.05) is 5.57 Å². The summed E-state index contributed by atoms with van der Waals surface area (Å²) in [5, 5.41) is 0. The largest absolute Gasteiger partial charge is 0.147 e. The second kappa shape index (κ2) is 6.73. The molecular formula is C15H20Cl2Zr. The van der Waals surface area contributed by atoms with E-state index >= 15 is 0 Å². The van der Waals surface area contributed by atoms with Crippen LogP contribution in [0.15, 0.2) is 44.8 Å². The van der Waals surface area contributed by atoms with E-state index in [2.05, 4.69) is 37.3 Å². The third-order valence-corrected chi connectivity index (χ3v) is 8.08. The Balaban J connectivity index is 0.000000810. The molecule has 0 bridgehead atoms. The molecular weight excluding hydrogens is 342 g/mol. The number of halogens is 2. The SMILES string of the molecule is C[C]1([Zr][C]2=CC=CC2)C=CC2=C1CCCC2.Cl.Cl. The molecule has 1 atom stereocenters. The van der Waals surface area contributed by atoms with Crippen LogP contribution in [0.5, 0.6) is 0 Å². The summed E-state index contributed by atoms with van der Waals surface area (Å²) in [7, 11) is 0. The normalized spacial score (nSPS) is 28.4. The van der Waals surface area contributed by atoms with E-state index in [1.54, 1.807) is 8.85 Å². The van der Waals surface area contributed by atoms with E-state index in [4.69, 9.17) is 0 Å². The monoisotopic (exact) mass is 360 g/mol. The van der Waals surface area contributed by atoms with Crippen LogP contribution in [-0.4, -0.2) is 0 Å². The molecule has 0 heterocycles. The van der Waals surface area contributed by atoms with Crippen molar-refractivity contribution in [2.75, 3.05) is 0 Å². The molecule has 0 amide bonds. The van der Waals surface area contributed by atoms with Crippen molar-refractivity contribution < 1.29 is 23.2 Å². The van der Waals surface area contributed by atoms with Gasteiger partial charge in [-0.2, -0.15) is 0 Å². The van der Waals surface area contributed by atoms with Crippen molar-refractivity contribution in [1.29, 1.82) is 0 Å². The fourth-order valence-corrected chi connectivity index (χ4v) is 7.17. The maximum Gasteiger partial charge on any atom is -0.147 e. The first-order valence-corrected chi connectivity index (χ1v) is 8.79. The van der Waals surface area contributed by atoms with Gasteiger partial charge in [0.2, 0.25) is 0 Å². The first kappa shape index (κ1) is 16.5. The number of allylic oxidation sites excluding steroid dienone is 8. The zero-order chi connectivity index (χ0) is 11.0. The molecule has 0 saturated heterocycles. The first-order valence-electron chi connectivity index (χ1n) is 6.33. The standard InChI is InChI=1S/C10H13.C5H5.2ClH.Zr/c1-8-6-7-9-4-2-3-5-10(8)9;1-2-4-5-3-1;;;/h6-7H,2-5H2,1H3;1-3H,4H2;2*1H;. The van der Waals surface area contributed by atoms with E-state index in [0.717, 1.165) is 0 Å². The van der Waals surface area contributed by atoms with Crippen molar-refractivity contribution in [2.45, 2.75) is 42.2 Å². The molecule has 3 rings (SSSR count). The van der Waals surface area contributed by atoms with Crippen molar-refractivity contribution in [3.63, 3.8) is 0 Å². The van der Waals surface area contributed by atoms with Crippen LogP contribution in [0.3, 0.4) is 0 Å². The van der Waals surface area contributed by atoms with Crippen molar-refractivity contribution in [3.05, 3.63) is 44.8 Å². The van der Waals surface area contributed by atoms with Gasteiger partial charge in [0.1, 0.15) is 0 Å². The summed E-state index contributed by atoms with van der Waals surface area (Å²) in [6.45, 7) is 2.50. The minimum Gasteiger partial charge on any atom is -0.147 e. The Bertz CT molecular complexity index is 432. The maximum atomic E-state index is 2.54. The Morgan fingerprint density at radius 1 is 1.17 bits per heavy atom. The van der Waals surface area contributed by atoms with E-state index in [1.165, 1.54) is 32.1 Å². The number of rotatable bonds is 2. The van der Waals surface area contributed by atoms with Crippen LogP contribution < -0.4 is 0 Å². The molecule has 0 nitrogen and oxygen atoms in total. The summed E-state index contributed by atoms with van der Waals surface area (Å²) < 4.78 is 2.28. The summed E-state index contributed by atoms with van der Waals surface area (Å²) >= 11 is -0.452. The molecule has 3 aliphatic carbocycles. The molecule has 0 saturated carbocycles. The molecule has 0 spiro atoms. The van der Waals surface area contributed by atoms with Gasteiger partial charge < -0.3 is 0 Å². The molecule has 0 fully saturated rings. The van der Waals surface area contributed by atoms with Crippen LogP contribution in [0.2, 0.25) is 3.12 Å². The molecule has 18 heavy (non-hydrogen) atoms. The van der Waals surface area contributed by atoms with Gasteiger partial charge in [-0.3, -0.25) is 0 Å². The molecule has 3 aliphatic rings. The zero-order valence-electron chi connectivity index (χ0n) is 10.7. The average Bonchev–Trinajstić information content (AvgIpc) is 2.89. The van der Waals surface area contributed by atoms with Crippen LogP contribution >= 0.6 is 24.8 Å². The van der Waals surface area contributed by atoms with Crippen molar-refractivity contribution in [3.8, 4) is 0 Å². The quantitative estimate of drug-likeness (QED) is 0.619. The molecule has 0 aliphatic heterocycles. The predicted octanol–water partition coefficient (Wildman–Crippen LogP) is 5.38. The molecule has 0 N–H and O–H groups in total. The van der Waals surface area contributed by atoms with Gasteiger partial charge in [0, 0.05) is 0 Å². The van der Waals surface area contributed by atoms with Gasteiger partial charge in [0.05, 0.1) is 0 Å². The van der Waals surface area contributed by atoms with Crippen LogP contribution in [0.25, 0.3) is 0 Å². The Hall–Kier alpha value is 0.423. The zero-order valence-corrected chi connectivity index (χ0v) is 14.8. The Morgan fingerprint density at radius 2 is 1.94 bits per heavy atom. The van der Waals surface area contributed by atoms with E-state index in [0.29, 0.717) is 3.12 Å². The smallest absolute Gasteiger partial charge is 0.147 e. The minimum absolute atomic E-state index is 0. The van der Waals surface area contributed by atoms with Gasteiger partial charge in [0.15, 0.2) is 0 Å². The molecule has 1 unspecified atom stereocenters. The summed E-state index contributed by atoms with van der Waals surface area (Å²) in [5.74, 6) is 0. The fourth-order valence-electron chi connectivity index (χ4n) is 3.06. The van der Waals surface area contributed by atoms with Crippen LogP contribution in [0.4, 0.5) is 0 Å². The van der Waals surface area contributed by atoms with Gasteiger partial charge in [-0.15, -0.1) is 24.8 Å². The van der Waals surface area contributed by atoms with Gasteiger partial charge in [-0.1, -0.05) is 0 Å². The van der Waals surface area contributed by atoms with Crippen LogP contribution in [-0.2, 0) is 23.2 Å². The third-order valence-electron chi connectivity index (χ3n) is 3.95. The van der Waals surface area contributed by atoms with E-state index in [-0.39, 0.29) is 24.8 Å². The minimum atomic E-state index is -0.452. The summed E-state index contributed by atoms with van der Waals surface area (Å²) in [4.78, 5) is 0. The topological polar surface area (TPSA) is 0 Å². The predicted molar refractivity (Wildman–Crippen MR) is 79.3 cm³/mol. The van der Waals surface area contributed by atoms with Crippen LogP contribution in [0, 0.1) is 0 Å². The summed E-state index contributed by atoms with van der Waals surface area (Å²) in [6, 6.07) is 0. The molecule has 0 aromatic rings. The van der Waals surface area contributed by atoms with Crippen molar-refractivity contribution >= 4 is 24.8 Å². The number of hydrogen-bond acceptors (Lipinski definition) is 0. The summed E-state index contributed by atoms with van der Waals surface area (Å²) in [5.41, 5.74) is 3.51. The third kappa shape index (κ3) is 3.11. The van der Waals surface area contributed by atoms with E-state index in [9.17, 15) is 0 Å². The van der Waals surface area contributed by atoms with E-state index < -0.39 is 23.2 Å². The van der Waals surface area contributed by atoms with Gasteiger partial charge in [-0.05, 0) is 0 Å². The Labute approximate surface area is 134 Å². The van der Waals surface area contributed by atoms with Crippen molar-refractivity contribution in [2.24, 2.45) is 0 Å². The molecule has 3 heteroatoms. The van der Waals surface area contributed by atoms with Crippen molar-refractivity contribution in [1.82, 2.24) is 0 Å².